The Kier molecular flexibility index (Phi) is 2.03. The predicted molar refractivity (Wildman–Crippen MR) is 35.2 cm³/mol. The van der Waals surface area contributed by atoms with Crippen LogP contribution in [0, 0.1) is 0 Å². The number of carbonyl (C=O) groups is 1. The van der Waals surface area contributed by atoms with Crippen LogP contribution in [0.5, 0.6) is 0 Å². The molecule has 0 spiro atoms. The summed E-state index contributed by atoms with van der Waals surface area (Å²) in [6.07, 6.45) is -3.46. The molecule has 1 amide bonds. The molecule has 0 saturated heterocycles. The molecule has 0 unspecified atom stereocenters. The number of hydrogen-bond acceptors (Lipinski definition) is 2. The Morgan fingerprint density at radius 3 is 2.33 bits per heavy atom. The number of rotatable bonds is 2. The highest BCUT2D eigenvalue weighted by atomic mass is 19.4. The minimum atomic E-state index is -4.80. The van der Waals surface area contributed by atoms with Gasteiger partial charge in [-0.2, -0.15) is 13.2 Å². The van der Waals surface area contributed by atoms with E-state index in [4.69, 9.17) is 5.73 Å². The van der Waals surface area contributed by atoms with Crippen molar-refractivity contribution < 1.29 is 18.0 Å². The zero-order valence-electron chi connectivity index (χ0n) is 6.24. The van der Waals surface area contributed by atoms with Crippen LogP contribution in [0.4, 0.5) is 13.2 Å². The topological polar surface area (TPSA) is 55.1 Å². The summed E-state index contributed by atoms with van der Waals surface area (Å²) in [5.41, 5.74) is 4.87. The van der Waals surface area contributed by atoms with Gasteiger partial charge in [0, 0.05) is 12.1 Å². The first-order valence-electron chi connectivity index (χ1n) is 3.47. The van der Waals surface area contributed by atoms with Crippen LogP contribution in [0.25, 0.3) is 0 Å². The van der Waals surface area contributed by atoms with Crippen molar-refractivity contribution in [3.05, 3.63) is 0 Å². The number of nitrogens with one attached hydrogen (secondary N) is 1. The van der Waals surface area contributed by atoms with E-state index in [9.17, 15) is 18.0 Å². The van der Waals surface area contributed by atoms with Gasteiger partial charge in [-0.05, 0) is 12.8 Å². The summed E-state index contributed by atoms with van der Waals surface area (Å²) in [6, 6.07) is 0. The highest BCUT2D eigenvalue weighted by molar-refractivity contribution is 5.81. The van der Waals surface area contributed by atoms with Gasteiger partial charge in [0.25, 0.3) is 0 Å². The molecule has 0 aromatic rings. The lowest BCUT2D eigenvalue weighted by Gasteiger charge is -2.11. The standard InChI is InChI=1S/C6H9F3N2O/c7-6(8,9)4(12)11-3-5(10)1-2-5/h1-3,10H2,(H,11,12). The maximum absolute atomic E-state index is 11.6. The van der Waals surface area contributed by atoms with Crippen LogP contribution in [-0.2, 0) is 4.79 Å². The molecule has 0 atom stereocenters. The van der Waals surface area contributed by atoms with Gasteiger partial charge in [-0.3, -0.25) is 4.79 Å². The molecule has 0 radical (unpaired) electrons. The van der Waals surface area contributed by atoms with Crippen LogP contribution in [-0.4, -0.2) is 24.2 Å². The van der Waals surface area contributed by atoms with E-state index in [2.05, 4.69) is 0 Å². The molecule has 0 aliphatic heterocycles. The number of nitrogens with two attached hydrogens (primary N) is 1. The number of carbonyl (C=O) groups excluding carboxylic acids is 1. The Morgan fingerprint density at radius 2 is 2.00 bits per heavy atom. The SMILES string of the molecule is NC1(CNC(=O)C(F)(F)F)CC1. The average Bonchev–Trinajstić information content (AvgIpc) is 2.62. The summed E-state index contributed by atoms with van der Waals surface area (Å²) >= 11 is 0. The van der Waals surface area contributed by atoms with Crippen molar-refractivity contribution in [3.8, 4) is 0 Å². The molecule has 12 heavy (non-hydrogen) atoms. The zero-order valence-corrected chi connectivity index (χ0v) is 6.24. The quantitative estimate of drug-likeness (QED) is 0.639. The Morgan fingerprint density at radius 1 is 1.50 bits per heavy atom. The van der Waals surface area contributed by atoms with E-state index >= 15 is 0 Å². The third kappa shape index (κ3) is 2.37. The van der Waals surface area contributed by atoms with Crippen molar-refractivity contribution in [1.29, 1.82) is 0 Å². The van der Waals surface area contributed by atoms with Crippen molar-refractivity contribution in [2.24, 2.45) is 5.73 Å². The molecule has 1 saturated carbocycles. The van der Waals surface area contributed by atoms with Gasteiger partial charge in [0.1, 0.15) is 0 Å². The normalized spacial score (nSPS) is 20.3. The maximum atomic E-state index is 11.6. The van der Waals surface area contributed by atoms with Crippen LogP contribution in [0.15, 0.2) is 0 Å². The molecule has 3 N–H and O–H groups in total. The molecule has 0 aromatic carbocycles. The summed E-state index contributed by atoms with van der Waals surface area (Å²) < 4.78 is 34.8. The minimum Gasteiger partial charge on any atom is -0.346 e. The van der Waals surface area contributed by atoms with Crippen LogP contribution in [0.2, 0.25) is 0 Å². The van der Waals surface area contributed by atoms with Gasteiger partial charge in [-0.1, -0.05) is 0 Å². The van der Waals surface area contributed by atoms with Crippen LogP contribution < -0.4 is 11.1 Å². The Bertz CT molecular complexity index is 197. The Hall–Kier alpha value is -0.780. The second-order valence-corrected chi connectivity index (χ2v) is 3.04. The van der Waals surface area contributed by atoms with Gasteiger partial charge >= 0.3 is 12.1 Å². The highest BCUT2D eigenvalue weighted by Gasteiger charge is 2.43. The van der Waals surface area contributed by atoms with Crippen molar-refractivity contribution in [2.45, 2.75) is 24.6 Å². The molecule has 1 rings (SSSR count). The molecule has 6 heteroatoms. The summed E-state index contributed by atoms with van der Waals surface area (Å²) in [5, 5.41) is 1.74. The summed E-state index contributed by atoms with van der Waals surface area (Å²) in [5.74, 6) is -1.92. The third-order valence-corrected chi connectivity index (χ3v) is 1.75. The van der Waals surface area contributed by atoms with Crippen molar-refractivity contribution in [3.63, 3.8) is 0 Å². The van der Waals surface area contributed by atoms with Gasteiger partial charge < -0.3 is 11.1 Å². The number of hydrogen-bond donors (Lipinski definition) is 2. The number of halogens is 3. The zero-order chi connectivity index (χ0) is 9.41. The van der Waals surface area contributed by atoms with Crippen molar-refractivity contribution >= 4 is 5.91 Å². The smallest absolute Gasteiger partial charge is 0.346 e. The fourth-order valence-corrected chi connectivity index (χ4v) is 0.694. The molecular formula is C6H9F3N2O. The monoisotopic (exact) mass is 182 g/mol. The van der Waals surface area contributed by atoms with E-state index in [-0.39, 0.29) is 6.54 Å². The van der Waals surface area contributed by atoms with Crippen molar-refractivity contribution in [1.82, 2.24) is 5.32 Å². The molecule has 1 aliphatic rings. The Labute approximate surface area is 67.1 Å². The number of amides is 1. The second-order valence-electron chi connectivity index (χ2n) is 3.04. The van der Waals surface area contributed by atoms with Crippen LogP contribution in [0.3, 0.4) is 0 Å². The molecule has 1 aliphatic carbocycles. The number of alkyl halides is 3. The van der Waals surface area contributed by atoms with E-state index < -0.39 is 17.6 Å². The average molecular weight is 182 g/mol. The van der Waals surface area contributed by atoms with E-state index in [0.717, 1.165) is 0 Å². The van der Waals surface area contributed by atoms with Gasteiger partial charge in [0.2, 0.25) is 0 Å². The highest BCUT2D eigenvalue weighted by Crippen LogP contribution is 2.31. The molecule has 0 heterocycles. The molecular weight excluding hydrogens is 173 g/mol. The third-order valence-electron chi connectivity index (χ3n) is 1.75. The summed E-state index contributed by atoms with van der Waals surface area (Å²) in [6.45, 7) is -0.0919. The van der Waals surface area contributed by atoms with Gasteiger partial charge in [0.15, 0.2) is 0 Å². The first-order valence-corrected chi connectivity index (χ1v) is 3.47. The van der Waals surface area contributed by atoms with Gasteiger partial charge in [-0.25, -0.2) is 0 Å². The fourth-order valence-electron chi connectivity index (χ4n) is 0.694. The van der Waals surface area contributed by atoms with Gasteiger partial charge in [0.05, 0.1) is 0 Å². The predicted octanol–water partition coefficient (Wildman–Crippen LogP) is 0.156. The first-order chi connectivity index (χ1) is 5.33. The lowest BCUT2D eigenvalue weighted by Crippen LogP contribution is -2.44. The van der Waals surface area contributed by atoms with Crippen LogP contribution >= 0.6 is 0 Å². The summed E-state index contributed by atoms with van der Waals surface area (Å²) in [4.78, 5) is 10.2. The Balaban J connectivity index is 2.28. The molecule has 0 aromatic heterocycles. The van der Waals surface area contributed by atoms with E-state index in [1.54, 1.807) is 5.32 Å². The van der Waals surface area contributed by atoms with Gasteiger partial charge in [-0.15, -0.1) is 0 Å². The van der Waals surface area contributed by atoms with E-state index in [1.807, 2.05) is 0 Å². The molecule has 1 fully saturated rings. The van der Waals surface area contributed by atoms with Crippen molar-refractivity contribution in [2.75, 3.05) is 6.54 Å². The summed E-state index contributed by atoms with van der Waals surface area (Å²) in [7, 11) is 0. The maximum Gasteiger partial charge on any atom is 0.471 e. The first kappa shape index (κ1) is 9.31. The van der Waals surface area contributed by atoms with E-state index in [0.29, 0.717) is 12.8 Å². The molecule has 3 nitrogen and oxygen atoms in total. The minimum absolute atomic E-state index is 0.0919. The lowest BCUT2D eigenvalue weighted by atomic mass is 10.3. The fraction of sp³-hybridized carbons (Fsp3) is 0.833. The molecule has 70 valence electrons. The molecule has 0 bridgehead atoms. The van der Waals surface area contributed by atoms with Crippen LogP contribution in [0.1, 0.15) is 12.8 Å². The van der Waals surface area contributed by atoms with E-state index in [1.165, 1.54) is 0 Å². The lowest BCUT2D eigenvalue weighted by molar-refractivity contribution is -0.173. The second kappa shape index (κ2) is 2.62. The largest absolute Gasteiger partial charge is 0.471 e.